The Morgan fingerprint density at radius 2 is 2.12 bits per heavy atom. The molecule has 1 aliphatic carbocycles. The lowest BCUT2D eigenvalue weighted by atomic mass is 9.74. The zero-order chi connectivity index (χ0) is 18.3. The van der Waals surface area contributed by atoms with Gasteiger partial charge in [-0.2, -0.15) is 0 Å². The standard InChI is InChI=1S/C19H17BrFNO3/c1-9-6-14-18(15(23)7-9)17(12-5-4-11(20)8-13(12)21)16(10(2)22-14)19(24)25-3/h4-5,8,17,22H,1,6-7H2,2-3H3. The van der Waals surface area contributed by atoms with Crippen LogP contribution in [0.3, 0.4) is 0 Å². The van der Waals surface area contributed by atoms with Gasteiger partial charge in [0, 0.05) is 39.8 Å². The first kappa shape index (κ1) is 17.6. The van der Waals surface area contributed by atoms with Crippen LogP contribution in [0.25, 0.3) is 0 Å². The molecule has 1 aliphatic heterocycles. The number of nitrogens with one attached hydrogen (secondary N) is 1. The minimum atomic E-state index is -0.794. The molecule has 4 nitrogen and oxygen atoms in total. The van der Waals surface area contributed by atoms with E-state index in [1.165, 1.54) is 13.2 Å². The second-order valence-electron chi connectivity index (χ2n) is 6.17. The highest BCUT2D eigenvalue weighted by Crippen LogP contribution is 2.44. The third-order valence-corrected chi connectivity index (χ3v) is 4.95. The Morgan fingerprint density at radius 1 is 1.40 bits per heavy atom. The van der Waals surface area contributed by atoms with Gasteiger partial charge in [-0.05, 0) is 19.1 Å². The summed E-state index contributed by atoms with van der Waals surface area (Å²) in [4.78, 5) is 25.1. The molecule has 1 N–H and O–H groups in total. The summed E-state index contributed by atoms with van der Waals surface area (Å²) >= 11 is 3.23. The van der Waals surface area contributed by atoms with Crippen molar-refractivity contribution < 1.29 is 18.7 Å². The summed E-state index contributed by atoms with van der Waals surface area (Å²) in [7, 11) is 1.27. The van der Waals surface area contributed by atoms with E-state index in [-0.39, 0.29) is 23.3 Å². The van der Waals surface area contributed by atoms with Crippen molar-refractivity contribution in [2.24, 2.45) is 0 Å². The van der Waals surface area contributed by atoms with Gasteiger partial charge in [-0.25, -0.2) is 9.18 Å². The van der Waals surface area contributed by atoms with E-state index in [2.05, 4.69) is 27.8 Å². The molecule has 0 bridgehead atoms. The molecule has 1 aromatic carbocycles. The van der Waals surface area contributed by atoms with Crippen LogP contribution in [0.1, 0.15) is 31.2 Å². The minimum Gasteiger partial charge on any atom is -0.466 e. The van der Waals surface area contributed by atoms with Crippen molar-refractivity contribution in [1.82, 2.24) is 5.32 Å². The molecular weight excluding hydrogens is 389 g/mol. The molecule has 25 heavy (non-hydrogen) atoms. The summed E-state index contributed by atoms with van der Waals surface area (Å²) in [5, 5.41) is 3.12. The highest BCUT2D eigenvalue weighted by atomic mass is 79.9. The van der Waals surface area contributed by atoms with E-state index in [1.807, 2.05) is 0 Å². The smallest absolute Gasteiger partial charge is 0.336 e. The van der Waals surface area contributed by atoms with Gasteiger partial charge in [0.15, 0.2) is 5.78 Å². The number of Topliss-reactive ketones (excluding diaryl/α,β-unsaturated/α-hetero) is 1. The van der Waals surface area contributed by atoms with Crippen LogP contribution in [0.2, 0.25) is 0 Å². The first-order chi connectivity index (χ1) is 11.8. The van der Waals surface area contributed by atoms with Crippen LogP contribution in [0, 0.1) is 5.82 Å². The maximum absolute atomic E-state index is 14.7. The molecular formula is C19H17BrFNO3. The van der Waals surface area contributed by atoms with Crippen molar-refractivity contribution in [3.63, 3.8) is 0 Å². The summed E-state index contributed by atoms with van der Waals surface area (Å²) in [5.74, 6) is -2.02. The van der Waals surface area contributed by atoms with Crippen LogP contribution in [0.4, 0.5) is 4.39 Å². The molecule has 130 valence electrons. The average Bonchev–Trinajstić information content (AvgIpc) is 2.52. The number of benzene rings is 1. The Morgan fingerprint density at radius 3 is 2.76 bits per heavy atom. The number of ketones is 1. The van der Waals surface area contributed by atoms with Crippen molar-refractivity contribution in [3.8, 4) is 0 Å². The molecule has 1 aromatic rings. The number of hydrogen-bond acceptors (Lipinski definition) is 4. The van der Waals surface area contributed by atoms with Gasteiger partial charge in [-0.3, -0.25) is 4.79 Å². The number of carbonyl (C=O) groups is 2. The van der Waals surface area contributed by atoms with Gasteiger partial charge >= 0.3 is 5.97 Å². The molecule has 0 spiro atoms. The van der Waals surface area contributed by atoms with Crippen LogP contribution < -0.4 is 5.32 Å². The Balaban J connectivity index is 2.25. The molecule has 0 fully saturated rings. The predicted molar refractivity (Wildman–Crippen MR) is 95.1 cm³/mol. The molecule has 0 saturated heterocycles. The summed E-state index contributed by atoms with van der Waals surface area (Å²) in [6.07, 6.45) is 0.699. The van der Waals surface area contributed by atoms with Crippen molar-refractivity contribution in [3.05, 3.63) is 68.7 Å². The van der Waals surface area contributed by atoms with Crippen molar-refractivity contribution in [1.29, 1.82) is 0 Å². The van der Waals surface area contributed by atoms with Gasteiger partial charge in [0.25, 0.3) is 0 Å². The van der Waals surface area contributed by atoms with Gasteiger partial charge in [0.1, 0.15) is 5.82 Å². The van der Waals surface area contributed by atoms with E-state index >= 15 is 0 Å². The third kappa shape index (κ3) is 3.06. The number of esters is 1. The van der Waals surface area contributed by atoms with Gasteiger partial charge < -0.3 is 10.1 Å². The molecule has 1 atom stereocenters. The van der Waals surface area contributed by atoms with Crippen LogP contribution in [-0.2, 0) is 14.3 Å². The van der Waals surface area contributed by atoms with Gasteiger partial charge in [-0.15, -0.1) is 0 Å². The summed E-state index contributed by atoms with van der Waals surface area (Å²) in [6.45, 7) is 5.62. The highest BCUT2D eigenvalue weighted by Gasteiger charge is 2.40. The Kier molecular flexibility index (Phi) is 4.64. The zero-order valence-corrected chi connectivity index (χ0v) is 15.5. The molecule has 0 radical (unpaired) electrons. The van der Waals surface area contributed by atoms with Crippen LogP contribution in [-0.4, -0.2) is 18.9 Å². The lowest BCUT2D eigenvalue weighted by molar-refractivity contribution is -0.136. The van der Waals surface area contributed by atoms with E-state index in [1.54, 1.807) is 19.1 Å². The van der Waals surface area contributed by atoms with E-state index in [0.29, 0.717) is 27.9 Å². The maximum Gasteiger partial charge on any atom is 0.336 e. The molecule has 0 saturated carbocycles. The van der Waals surface area contributed by atoms with Crippen molar-refractivity contribution in [2.45, 2.75) is 25.7 Å². The number of halogens is 2. The number of carbonyl (C=O) groups excluding carboxylic acids is 2. The van der Waals surface area contributed by atoms with Crippen LogP contribution in [0.5, 0.6) is 0 Å². The Bertz CT molecular complexity index is 869. The number of dihydropyridines is 1. The van der Waals surface area contributed by atoms with Gasteiger partial charge in [0.05, 0.1) is 18.6 Å². The van der Waals surface area contributed by atoms with Crippen LogP contribution in [0.15, 0.2) is 57.4 Å². The number of rotatable bonds is 2. The van der Waals surface area contributed by atoms with Crippen molar-refractivity contribution >= 4 is 27.7 Å². The summed E-state index contributed by atoms with van der Waals surface area (Å²) in [5.41, 5.74) is 2.97. The number of ether oxygens (including phenoxy) is 1. The SMILES string of the molecule is C=C1CC(=O)C2=C(C1)NC(C)=C(C(=O)OC)C2c1ccc(Br)cc1F. The second-order valence-corrected chi connectivity index (χ2v) is 7.09. The predicted octanol–water partition coefficient (Wildman–Crippen LogP) is 3.90. The topological polar surface area (TPSA) is 55.4 Å². The minimum absolute atomic E-state index is 0.153. The fraction of sp³-hybridized carbons (Fsp3) is 0.263. The molecule has 2 aliphatic rings. The largest absolute Gasteiger partial charge is 0.466 e. The number of hydrogen-bond donors (Lipinski definition) is 1. The zero-order valence-electron chi connectivity index (χ0n) is 13.9. The van der Waals surface area contributed by atoms with Crippen molar-refractivity contribution in [2.75, 3.05) is 7.11 Å². The first-order valence-electron chi connectivity index (χ1n) is 7.77. The van der Waals surface area contributed by atoms with Crippen LogP contribution >= 0.6 is 15.9 Å². The van der Waals surface area contributed by atoms with E-state index < -0.39 is 17.7 Å². The van der Waals surface area contributed by atoms with Gasteiger partial charge in [0.2, 0.25) is 0 Å². The molecule has 3 rings (SSSR count). The quantitative estimate of drug-likeness (QED) is 0.598. The monoisotopic (exact) mass is 405 g/mol. The Hall–Kier alpha value is -2.21. The first-order valence-corrected chi connectivity index (χ1v) is 8.56. The highest BCUT2D eigenvalue weighted by molar-refractivity contribution is 9.10. The lowest BCUT2D eigenvalue weighted by Crippen LogP contribution is -2.35. The van der Waals surface area contributed by atoms with E-state index in [4.69, 9.17) is 4.74 Å². The molecule has 6 heteroatoms. The van der Waals surface area contributed by atoms with E-state index in [9.17, 15) is 14.0 Å². The third-order valence-electron chi connectivity index (χ3n) is 4.46. The van der Waals surface area contributed by atoms with Gasteiger partial charge in [-0.1, -0.05) is 34.1 Å². The lowest BCUT2D eigenvalue weighted by Gasteiger charge is -2.34. The molecule has 1 unspecified atom stereocenters. The fourth-order valence-corrected chi connectivity index (χ4v) is 3.76. The second kappa shape index (κ2) is 6.59. The number of allylic oxidation sites excluding steroid dienone is 3. The number of methoxy groups -OCH3 is 1. The molecule has 1 heterocycles. The normalized spacial score (nSPS) is 20.4. The van der Waals surface area contributed by atoms with E-state index in [0.717, 1.165) is 5.57 Å². The Labute approximate surface area is 153 Å². The maximum atomic E-state index is 14.7. The average molecular weight is 406 g/mol. The summed E-state index contributed by atoms with van der Waals surface area (Å²) < 4.78 is 20.2. The summed E-state index contributed by atoms with van der Waals surface area (Å²) in [6, 6.07) is 4.61. The molecule has 0 amide bonds. The molecule has 0 aromatic heterocycles. The fourth-order valence-electron chi connectivity index (χ4n) is 3.43.